The minimum atomic E-state index is -0.193. The fraction of sp³-hybridized carbons (Fsp3) is 0.867. The molecule has 0 radical (unpaired) electrons. The van der Waals surface area contributed by atoms with E-state index < -0.39 is 0 Å². The molecule has 20 heavy (non-hydrogen) atoms. The molecule has 0 aromatic rings. The zero-order valence-electron chi connectivity index (χ0n) is 12.5. The van der Waals surface area contributed by atoms with Crippen LogP contribution in [0.2, 0.25) is 0 Å². The summed E-state index contributed by atoms with van der Waals surface area (Å²) in [6.07, 6.45) is 6.20. The third-order valence-corrected chi connectivity index (χ3v) is 4.53. The van der Waals surface area contributed by atoms with E-state index in [9.17, 15) is 9.59 Å². The molecule has 114 valence electrons. The van der Waals surface area contributed by atoms with Gasteiger partial charge in [-0.15, -0.1) is 0 Å². The summed E-state index contributed by atoms with van der Waals surface area (Å²) in [5.74, 6) is 0.290. The highest BCUT2D eigenvalue weighted by Gasteiger charge is 2.37. The molecular weight excluding hydrogens is 254 g/mol. The Morgan fingerprint density at radius 3 is 2.55 bits per heavy atom. The molecule has 2 aliphatic rings. The van der Waals surface area contributed by atoms with Crippen LogP contribution in [-0.4, -0.2) is 37.5 Å². The molecule has 0 unspecified atom stereocenters. The largest absolute Gasteiger partial charge is 0.356 e. The Kier molecular flexibility index (Phi) is 5.40. The lowest BCUT2D eigenvalue weighted by Gasteiger charge is -2.35. The Balaban J connectivity index is 1.64. The molecule has 0 atom stereocenters. The molecule has 5 nitrogen and oxygen atoms in total. The first-order valence-corrected chi connectivity index (χ1v) is 7.95. The second-order valence-corrected chi connectivity index (χ2v) is 6.09. The van der Waals surface area contributed by atoms with E-state index in [2.05, 4.69) is 22.9 Å². The van der Waals surface area contributed by atoms with Crippen LogP contribution in [0, 0.1) is 5.41 Å². The van der Waals surface area contributed by atoms with Crippen molar-refractivity contribution in [3.63, 3.8) is 0 Å². The Morgan fingerprint density at radius 1 is 1.25 bits per heavy atom. The number of amides is 2. The second-order valence-electron chi connectivity index (χ2n) is 6.09. The fourth-order valence-corrected chi connectivity index (χ4v) is 2.81. The molecule has 2 rings (SSSR count). The standard InChI is InChI=1S/C15H27N3O2/c1-2-15(7-10-16-11-8-15)14(20)17-9-3-4-13(19)18-12-5-6-12/h12,16H,2-11H2,1H3,(H,17,20)(H,18,19). The molecule has 0 aromatic carbocycles. The van der Waals surface area contributed by atoms with Crippen molar-refractivity contribution < 1.29 is 9.59 Å². The Hall–Kier alpha value is -1.10. The number of carbonyl (C=O) groups is 2. The molecule has 5 heteroatoms. The quantitative estimate of drug-likeness (QED) is 0.608. The summed E-state index contributed by atoms with van der Waals surface area (Å²) in [5.41, 5.74) is -0.193. The summed E-state index contributed by atoms with van der Waals surface area (Å²) < 4.78 is 0. The van der Waals surface area contributed by atoms with Crippen LogP contribution in [0.4, 0.5) is 0 Å². The highest BCUT2D eigenvalue weighted by atomic mass is 16.2. The molecule has 2 amide bonds. The molecule has 0 spiro atoms. The number of rotatable bonds is 7. The minimum absolute atomic E-state index is 0.119. The second kappa shape index (κ2) is 7.07. The molecule has 2 fully saturated rings. The van der Waals surface area contributed by atoms with E-state index >= 15 is 0 Å². The normalized spacial score (nSPS) is 21.2. The predicted molar refractivity (Wildman–Crippen MR) is 78.2 cm³/mol. The molecule has 0 bridgehead atoms. The van der Waals surface area contributed by atoms with Gasteiger partial charge in [0.15, 0.2) is 0 Å². The maximum atomic E-state index is 12.3. The molecular formula is C15H27N3O2. The average Bonchev–Trinajstić information content (AvgIpc) is 3.28. The van der Waals surface area contributed by atoms with E-state index in [0.29, 0.717) is 19.0 Å². The molecule has 1 aliphatic carbocycles. The lowest BCUT2D eigenvalue weighted by atomic mass is 9.76. The van der Waals surface area contributed by atoms with Crippen LogP contribution >= 0.6 is 0 Å². The minimum Gasteiger partial charge on any atom is -0.356 e. The molecule has 1 heterocycles. The van der Waals surface area contributed by atoms with Gasteiger partial charge >= 0.3 is 0 Å². The monoisotopic (exact) mass is 281 g/mol. The number of carbonyl (C=O) groups excluding carboxylic acids is 2. The van der Waals surface area contributed by atoms with Gasteiger partial charge in [0.1, 0.15) is 0 Å². The lowest BCUT2D eigenvalue weighted by Crippen LogP contribution is -2.47. The predicted octanol–water partition coefficient (Wildman–Crippen LogP) is 0.941. The summed E-state index contributed by atoms with van der Waals surface area (Å²) >= 11 is 0. The summed E-state index contributed by atoms with van der Waals surface area (Å²) in [6, 6.07) is 0.426. The van der Waals surface area contributed by atoms with Crippen molar-refractivity contribution >= 4 is 11.8 Å². The van der Waals surface area contributed by atoms with Crippen molar-refractivity contribution in [2.45, 2.75) is 57.9 Å². The summed E-state index contributed by atoms with van der Waals surface area (Å²) in [7, 11) is 0. The Labute approximate surface area is 121 Å². The Morgan fingerprint density at radius 2 is 1.95 bits per heavy atom. The van der Waals surface area contributed by atoms with E-state index in [1.54, 1.807) is 0 Å². The first kappa shape index (κ1) is 15.3. The van der Waals surface area contributed by atoms with Gasteiger partial charge in [-0.05, 0) is 51.6 Å². The topological polar surface area (TPSA) is 70.2 Å². The summed E-state index contributed by atoms with van der Waals surface area (Å²) in [5, 5.41) is 9.29. The first-order valence-electron chi connectivity index (χ1n) is 7.95. The van der Waals surface area contributed by atoms with E-state index in [1.165, 1.54) is 0 Å². The van der Waals surface area contributed by atoms with Gasteiger partial charge in [0.05, 0.1) is 5.41 Å². The van der Waals surface area contributed by atoms with Crippen LogP contribution in [0.5, 0.6) is 0 Å². The SMILES string of the molecule is CCC1(C(=O)NCCCC(=O)NC2CC2)CCNCC1. The van der Waals surface area contributed by atoms with Crippen LogP contribution in [0.1, 0.15) is 51.9 Å². The number of nitrogens with one attached hydrogen (secondary N) is 3. The molecule has 1 saturated heterocycles. The van der Waals surface area contributed by atoms with Crippen molar-refractivity contribution in [1.82, 2.24) is 16.0 Å². The first-order chi connectivity index (χ1) is 9.66. The maximum Gasteiger partial charge on any atom is 0.226 e. The maximum absolute atomic E-state index is 12.3. The summed E-state index contributed by atoms with van der Waals surface area (Å²) in [4.78, 5) is 23.9. The third kappa shape index (κ3) is 4.20. The van der Waals surface area contributed by atoms with Crippen molar-refractivity contribution in [3.8, 4) is 0 Å². The Bertz CT molecular complexity index is 347. The van der Waals surface area contributed by atoms with Crippen LogP contribution < -0.4 is 16.0 Å². The van der Waals surface area contributed by atoms with Gasteiger partial charge in [0.25, 0.3) is 0 Å². The van der Waals surface area contributed by atoms with Crippen molar-refractivity contribution in [3.05, 3.63) is 0 Å². The molecule has 1 saturated carbocycles. The van der Waals surface area contributed by atoms with Crippen molar-refractivity contribution in [1.29, 1.82) is 0 Å². The summed E-state index contributed by atoms with van der Waals surface area (Å²) in [6.45, 7) is 4.54. The van der Waals surface area contributed by atoms with Crippen LogP contribution in [-0.2, 0) is 9.59 Å². The van der Waals surface area contributed by atoms with Gasteiger partial charge in [-0.2, -0.15) is 0 Å². The van der Waals surface area contributed by atoms with Crippen molar-refractivity contribution in [2.24, 2.45) is 5.41 Å². The van der Waals surface area contributed by atoms with Crippen molar-refractivity contribution in [2.75, 3.05) is 19.6 Å². The highest BCUT2D eigenvalue weighted by molar-refractivity contribution is 5.82. The zero-order chi connectivity index (χ0) is 14.4. The molecule has 0 aromatic heterocycles. The van der Waals surface area contributed by atoms with E-state index in [0.717, 1.165) is 51.6 Å². The zero-order valence-corrected chi connectivity index (χ0v) is 12.5. The van der Waals surface area contributed by atoms with E-state index in [1.807, 2.05) is 0 Å². The van der Waals surface area contributed by atoms with Gasteiger partial charge in [0, 0.05) is 19.0 Å². The molecule has 1 aliphatic heterocycles. The fourth-order valence-electron chi connectivity index (χ4n) is 2.81. The van der Waals surface area contributed by atoms with Gasteiger partial charge < -0.3 is 16.0 Å². The number of hydrogen-bond acceptors (Lipinski definition) is 3. The van der Waals surface area contributed by atoms with Crippen LogP contribution in [0.15, 0.2) is 0 Å². The number of piperidine rings is 1. The lowest BCUT2D eigenvalue weighted by molar-refractivity contribution is -0.133. The van der Waals surface area contributed by atoms with Crippen LogP contribution in [0.3, 0.4) is 0 Å². The van der Waals surface area contributed by atoms with Crippen LogP contribution in [0.25, 0.3) is 0 Å². The molecule has 3 N–H and O–H groups in total. The van der Waals surface area contributed by atoms with Gasteiger partial charge in [0.2, 0.25) is 11.8 Å². The highest BCUT2D eigenvalue weighted by Crippen LogP contribution is 2.32. The average molecular weight is 281 g/mol. The number of hydrogen-bond donors (Lipinski definition) is 3. The van der Waals surface area contributed by atoms with E-state index in [-0.39, 0.29) is 17.2 Å². The van der Waals surface area contributed by atoms with E-state index in [4.69, 9.17) is 0 Å². The van der Waals surface area contributed by atoms with Gasteiger partial charge in [-0.1, -0.05) is 6.92 Å². The van der Waals surface area contributed by atoms with Gasteiger partial charge in [-0.3, -0.25) is 9.59 Å². The smallest absolute Gasteiger partial charge is 0.226 e. The van der Waals surface area contributed by atoms with Gasteiger partial charge in [-0.25, -0.2) is 0 Å². The third-order valence-electron chi connectivity index (χ3n) is 4.53.